The lowest BCUT2D eigenvalue weighted by Gasteiger charge is -2.13. The lowest BCUT2D eigenvalue weighted by molar-refractivity contribution is 0.361. The smallest absolute Gasteiger partial charge is 0.0776 e. The topological polar surface area (TPSA) is 15.6 Å². The van der Waals surface area contributed by atoms with Gasteiger partial charge in [0.1, 0.15) is 0 Å². The van der Waals surface area contributed by atoms with Crippen LogP contribution in [0.2, 0.25) is 0 Å². The molecule has 1 aromatic rings. The first-order valence-corrected chi connectivity index (χ1v) is 6.26. The van der Waals surface area contributed by atoms with Gasteiger partial charge in [-0.3, -0.25) is 5.01 Å². The highest BCUT2D eigenvalue weighted by atomic mass is 32.2. The first-order chi connectivity index (χ1) is 7.25. The summed E-state index contributed by atoms with van der Waals surface area (Å²) in [7, 11) is 2.05. The molecule has 1 atom stereocenters. The van der Waals surface area contributed by atoms with Gasteiger partial charge in [0.05, 0.1) is 5.71 Å². The van der Waals surface area contributed by atoms with E-state index >= 15 is 0 Å². The minimum atomic E-state index is 0.653. The molecule has 0 unspecified atom stereocenters. The highest BCUT2D eigenvalue weighted by molar-refractivity contribution is 8.00. The Hall–Kier alpha value is -0.960. The van der Waals surface area contributed by atoms with Gasteiger partial charge in [-0.15, -0.1) is 0 Å². The summed E-state index contributed by atoms with van der Waals surface area (Å²) in [5.41, 5.74) is 2.43. The molecule has 2 nitrogen and oxygen atoms in total. The fraction of sp³-hybridized carbons (Fsp3) is 0.417. The van der Waals surface area contributed by atoms with Crippen molar-refractivity contribution in [2.24, 2.45) is 5.10 Å². The molecule has 0 aliphatic carbocycles. The fourth-order valence-corrected chi connectivity index (χ4v) is 2.68. The van der Waals surface area contributed by atoms with E-state index in [0.29, 0.717) is 5.25 Å². The van der Waals surface area contributed by atoms with E-state index in [0.717, 1.165) is 12.3 Å². The predicted molar refractivity (Wildman–Crippen MR) is 67.5 cm³/mol. The standard InChI is InChI=1S/C12H16N2S/c1-10-8-14(2)13-12(9-15-10)11-6-4-3-5-7-11/h3-7,10H,8-9H2,1-2H3/t10-/m1/s1. The van der Waals surface area contributed by atoms with Gasteiger partial charge in [0.25, 0.3) is 0 Å². The molecule has 1 aromatic carbocycles. The molecule has 0 spiro atoms. The number of hydrogen-bond donors (Lipinski definition) is 0. The molecule has 0 amide bonds. The van der Waals surface area contributed by atoms with Crippen LogP contribution in [-0.4, -0.2) is 35.3 Å². The van der Waals surface area contributed by atoms with Crippen LogP contribution in [0.3, 0.4) is 0 Å². The average Bonchev–Trinajstić information content (AvgIpc) is 2.41. The molecule has 0 saturated carbocycles. The van der Waals surface area contributed by atoms with E-state index in [4.69, 9.17) is 0 Å². The van der Waals surface area contributed by atoms with Crippen LogP contribution in [-0.2, 0) is 0 Å². The summed E-state index contributed by atoms with van der Waals surface area (Å²) in [6.45, 7) is 3.28. The molecular weight excluding hydrogens is 204 g/mol. The molecule has 80 valence electrons. The summed E-state index contributed by atoms with van der Waals surface area (Å²) in [4.78, 5) is 0. The van der Waals surface area contributed by atoms with E-state index in [1.807, 2.05) is 29.9 Å². The fourth-order valence-electron chi connectivity index (χ4n) is 1.69. The summed E-state index contributed by atoms with van der Waals surface area (Å²) in [6, 6.07) is 10.4. The zero-order valence-corrected chi connectivity index (χ0v) is 10.00. The monoisotopic (exact) mass is 220 g/mol. The minimum Gasteiger partial charge on any atom is -0.299 e. The molecule has 0 N–H and O–H groups in total. The Morgan fingerprint density at radius 3 is 2.80 bits per heavy atom. The van der Waals surface area contributed by atoms with Crippen LogP contribution in [0.1, 0.15) is 12.5 Å². The highest BCUT2D eigenvalue weighted by Crippen LogP contribution is 2.18. The summed E-state index contributed by atoms with van der Waals surface area (Å²) in [5.74, 6) is 1.01. The van der Waals surface area contributed by atoms with Crippen molar-refractivity contribution in [3.05, 3.63) is 35.9 Å². The molecule has 1 aliphatic rings. The Balaban J connectivity index is 2.22. The zero-order chi connectivity index (χ0) is 10.7. The second-order valence-electron chi connectivity index (χ2n) is 3.87. The number of rotatable bonds is 1. The molecule has 0 bridgehead atoms. The summed E-state index contributed by atoms with van der Waals surface area (Å²) in [5, 5.41) is 7.33. The van der Waals surface area contributed by atoms with Crippen LogP contribution in [0.15, 0.2) is 35.4 Å². The molecular formula is C12H16N2S. The average molecular weight is 220 g/mol. The van der Waals surface area contributed by atoms with Crippen molar-refractivity contribution in [2.45, 2.75) is 12.2 Å². The number of hydrazone groups is 1. The molecule has 2 rings (SSSR count). The second-order valence-corrected chi connectivity index (χ2v) is 5.30. The van der Waals surface area contributed by atoms with Gasteiger partial charge < -0.3 is 0 Å². The van der Waals surface area contributed by atoms with Gasteiger partial charge in [-0.25, -0.2) is 0 Å². The van der Waals surface area contributed by atoms with Crippen LogP contribution in [0.4, 0.5) is 0 Å². The Morgan fingerprint density at radius 2 is 2.07 bits per heavy atom. The van der Waals surface area contributed by atoms with Gasteiger partial charge in [-0.2, -0.15) is 16.9 Å². The van der Waals surface area contributed by atoms with E-state index in [2.05, 4.69) is 36.3 Å². The Kier molecular flexibility index (Phi) is 3.31. The third-order valence-electron chi connectivity index (χ3n) is 2.42. The third-order valence-corrected chi connectivity index (χ3v) is 3.58. The highest BCUT2D eigenvalue weighted by Gasteiger charge is 2.14. The van der Waals surface area contributed by atoms with Gasteiger partial charge in [0, 0.05) is 24.6 Å². The van der Waals surface area contributed by atoms with E-state index in [-0.39, 0.29) is 0 Å². The lowest BCUT2D eigenvalue weighted by atomic mass is 10.1. The Labute approximate surface area is 95.4 Å². The summed E-state index contributed by atoms with van der Waals surface area (Å²) >= 11 is 1.97. The first kappa shape index (κ1) is 10.6. The van der Waals surface area contributed by atoms with Crippen LogP contribution in [0.25, 0.3) is 0 Å². The van der Waals surface area contributed by atoms with Gasteiger partial charge in [-0.05, 0) is 5.56 Å². The Bertz CT molecular complexity index is 348. The van der Waals surface area contributed by atoms with E-state index < -0.39 is 0 Å². The van der Waals surface area contributed by atoms with Crippen molar-refractivity contribution in [3.63, 3.8) is 0 Å². The number of nitrogens with zero attached hydrogens (tertiary/aromatic N) is 2. The molecule has 1 heterocycles. The predicted octanol–water partition coefficient (Wildman–Crippen LogP) is 2.46. The van der Waals surface area contributed by atoms with Crippen LogP contribution in [0, 0.1) is 0 Å². The van der Waals surface area contributed by atoms with E-state index in [9.17, 15) is 0 Å². The van der Waals surface area contributed by atoms with Crippen molar-refractivity contribution in [1.82, 2.24) is 5.01 Å². The molecule has 0 radical (unpaired) electrons. The van der Waals surface area contributed by atoms with Crippen molar-refractivity contribution < 1.29 is 0 Å². The molecule has 3 heteroatoms. The molecule has 0 fully saturated rings. The van der Waals surface area contributed by atoms with Crippen molar-refractivity contribution in [1.29, 1.82) is 0 Å². The largest absolute Gasteiger partial charge is 0.299 e. The number of benzene rings is 1. The molecule has 1 aliphatic heterocycles. The first-order valence-electron chi connectivity index (χ1n) is 5.21. The third kappa shape index (κ3) is 2.75. The minimum absolute atomic E-state index is 0.653. The number of thioether (sulfide) groups is 1. The van der Waals surface area contributed by atoms with Crippen LogP contribution < -0.4 is 0 Å². The second kappa shape index (κ2) is 4.71. The zero-order valence-electron chi connectivity index (χ0n) is 9.18. The van der Waals surface area contributed by atoms with E-state index in [1.165, 1.54) is 11.3 Å². The SMILES string of the molecule is C[C@@H]1CN(C)N=C(c2ccccc2)CS1. The van der Waals surface area contributed by atoms with Gasteiger partial charge in [0.2, 0.25) is 0 Å². The maximum Gasteiger partial charge on any atom is 0.0776 e. The molecule has 0 aromatic heterocycles. The van der Waals surface area contributed by atoms with Crippen LogP contribution in [0.5, 0.6) is 0 Å². The van der Waals surface area contributed by atoms with Crippen molar-refractivity contribution in [3.8, 4) is 0 Å². The molecule has 15 heavy (non-hydrogen) atoms. The maximum atomic E-state index is 4.63. The summed E-state index contributed by atoms with van der Waals surface area (Å²) in [6.07, 6.45) is 0. The molecule has 0 saturated heterocycles. The maximum absolute atomic E-state index is 4.63. The van der Waals surface area contributed by atoms with Crippen molar-refractivity contribution >= 4 is 17.5 Å². The van der Waals surface area contributed by atoms with Crippen LogP contribution >= 0.6 is 11.8 Å². The normalized spacial score (nSPS) is 22.1. The number of hydrogen-bond acceptors (Lipinski definition) is 3. The van der Waals surface area contributed by atoms with Gasteiger partial charge in [0.15, 0.2) is 0 Å². The van der Waals surface area contributed by atoms with E-state index in [1.54, 1.807) is 0 Å². The van der Waals surface area contributed by atoms with Gasteiger partial charge in [-0.1, -0.05) is 37.3 Å². The van der Waals surface area contributed by atoms with Gasteiger partial charge >= 0.3 is 0 Å². The lowest BCUT2D eigenvalue weighted by Crippen LogP contribution is -2.19. The van der Waals surface area contributed by atoms with Crippen molar-refractivity contribution in [2.75, 3.05) is 19.3 Å². The summed E-state index contributed by atoms with van der Waals surface area (Å²) < 4.78 is 0. The Morgan fingerprint density at radius 1 is 1.33 bits per heavy atom. The quantitative estimate of drug-likeness (QED) is 0.722.